The summed E-state index contributed by atoms with van der Waals surface area (Å²) < 4.78 is 14.4. The second kappa shape index (κ2) is 80.1. The maximum atomic E-state index is 4.25. The molecule has 0 radical (unpaired) electrons. The molecular formula is C110H213N21. The average molecular weight is 1830 g/mol. The van der Waals surface area contributed by atoms with Crippen molar-refractivity contribution in [2.75, 3.05) is 0 Å². The number of nitrogens with zero attached hydrogens (tertiary/aromatic N) is 21. The van der Waals surface area contributed by atoms with Crippen LogP contribution in [-0.2, 0) is 90.8 Å². The second-order valence-corrected chi connectivity index (χ2v) is 44.7. The summed E-state index contributed by atoms with van der Waals surface area (Å²) in [5, 5.41) is 58.3. The standard InChI is InChI=1S/2C17H33N3.3C16H31N3.2C14H27N3/c2*1-15(2)10-8-6-5-7-9-13-20-17(14-18-19-20)12-11-16(3)4;1-14(2)9-5-6-11-16-13-17-18-19(16)12-8-7-10-15(3)4;1-14(2)9-7-5-6-8-10-16-13-19(18-17-16)12-11-15(3)4;1-14(2)9-7-5-6-8-10-16-13-17-18-19(16)12-11-15(3)4;1-12(2)7-5-6-10-17-11-14(15-16-17)9-8-13(3)4;1-12(2)8-6-5-7-9-14-11-17(16-15-14)10-13(3)4/h2*14-16H,5-13H2,1-4H3;3*13-15H,5-12H2,1-4H3;2*11-13H,5-10H2,1-4H3. The smallest absolute Gasteiger partial charge is 0.0827 e. The van der Waals surface area contributed by atoms with Gasteiger partial charge in [0.2, 0.25) is 0 Å². The van der Waals surface area contributed by atoms with Gasteiger partial charge in [-0.2, -0.15) is 0 Å². The van der Waals surface area contributed by atoms with E-state index in [-0.39, 0.29) is 0 Å². The van der Waals surface area contributed by atoms with E-state index in [2.05, 4.69) is 303 Å². The predicted octanol–water partition coefficient (Wildman–Crippen LogP) is 30.5. The zero-order chi connectivity index (χ0) is 97.2. The van der Waals surface area contributed by atoms with E-state index in [4.69, 9.17) is 0 Å². The Morgan fingerprint density at radius 1 is 0.176 bits per heavy atom. The quantitative estimate of drug-likeness (QED) is 0.0324. The predicted molar refractivity (Wildman–Crippen MR) is 558 cm³/mol. The molecule has 0 unspecified atom stereocenters. The summed E-state index contributed by atoms with van der Waals surface area (Å²) in [4.78, 5) is 0. The Morgan fingerprint density at radius 3 is 0.740 bits per heavy atom. The monoisotopic (exact) mass is 1830 g/mol. The fourth-order valence-corrected chi connectivity index (χ4v) is 15.4. The van der Waals surface area contributed by atoms with Crippen molar-refractivity contribution in [2.24, 2.45) is 82.9 Å². The minimum Gasteiger partial charge on any atom is -0.252 e. The van der Waals surface area contributed by atoms with Gasteiger partial charge >= 0.3 is 0 Å². The first-order valence-electron chi connectivity index (χ1n) is 54.8. The number of hydrogen-bond donors (Lipinski definition) is 0. The molecule has 0 fully saturated rings. The van der Waals surface area contributed by atoms with Crippen molar-refractivity contribution in [1.29, 1.82) is 0 Å². The lowest BCUT2D eigenvalue weighted by Crippen LogP contribution is -2.07. The van der Waals surface area contributed by atoms with Crippen molar-refractivity contribution >= 4 is 0 Å². The largest absolute Gasteiger partial charge is 0.252 e. The summed E-state index contributed by atoms with van der Waals surface area (Å²) in [6.45, 7) is 70.8. The second-order valence-electron chi connectivity index (χ2n) is 44.7. The summed E-state index contributed by atoms with van der Waals surface area (Å²) >= 11 is 0. The van der Waals surface area contributed by atoms with Gasteiger partial charge in [0, 0.05) is 64.4 Å². The summed E-state index contributed by atoms with van der Waals surface area (Å²) in [7, 11) is 0. The highest BCUT2D eigenvalue weighted by Gasteiger charge is 2.13. The van der Waals surface area contributed by atoms with Crippen molar-refractivity contribution in [2.45, 2.75) is 541 Å². The molecule has 21 heteroatoms. The van der Waals surface area contributed by atoms with Gasteiger partial charge in [-0.05, 0) is 211 Å². The Balaban J connectivity index is 0.000000765. The van der Waals surface area contributed by atoms with Crippen LogP contribution in [0.4, 0.5) is 0 Å². The van der Waals surface area contributed by atoms with Crippen LogP contribution in [0.5, 0.6) is 0 Å². The minimum atomic E-state index is 0.635. The first-order valence-corrected chi connectivity index (χ1v) is 54.8. The van der Waals surface area contributed by atoms with Crippen LogP contribution < -0.4 is 0 Å². The van der Waals surface area contributed by atoms with Gasteiger partial charge in [0.1, 0.15) is 0 Å². The molecule has 7 rings (SSSR count). The lowest BCUT2D eigenvalue weighted by molar-refractivity contribution is 0.462. The Kier molecular flexibility index (Phi) is 75.2. The maximum absolute atomic E-state index is 4.25. The lowest BCUT2D eigenvalue weighted by atomic mass is 10.0. The van der Waals surface area contributed by atoms with Crippen LogP contribution in [0.15, 0.2) is 43.4 Å². The van der Waals surface area contributed by atoms with Crippen molar-refractivity contribution in [3.05, 3.63) is 83.2 Å². The SMILES string of the molecule is CC(C)CCCCCCCn1nncc1CCC(C)C.CC(C)CCCCCCCn1nncc1CCC(C)C.CC(C)CCCCCCc1cn(CCC(C)C)nn1.CC(C)CCCCCCc1cnnn1CCC(C)C.CC(C)CCCCCc1cn(CC(C)C)nn1.CC(C)CCCCc1cnnn1CCCCC(C)C.CC(C)CCCCn1cc(CCC(C)C)nn1. The van der Waals surface area contributed by atoms with Crippen LogP contribution in [0, 0.1) is 82.9 Å². The van der Waals surface area contributed by atoms with Crippen LogP contribution in [0.3, 0.4) is 0 Å². The third-order valence-corrected chi connectivity index (χ3v) is 24.1. The molecule has 7 aromatic rings. The zero-order valence-corrected chi connectivity index (χ0v) is 91.2. The molecule has 0 bridgehead atoms. The summed E-state index contributed by atoms with van der Waals surface area (Å²) in [5.74, 6) is 11.0. The number of aromatic nitrogens is 21. The molecule has 0 aromatic carbocycles. The Bertz CT molecular complexity index is 3460. The highest BCUT2D eigenvalue weighted by Crippen LogP contribution is 2.21. The molecule has 758 valence electrons. The van der Waals surface area contributed by atoms with Gasteiger partial charge in [-0.3, -0.25) is 14.0 Å². The molecule has 0 aliphatic rings. The first kappa shape index (κ1) is 123. The molecule has 0 atom stereocenters. The van der Waals surface area contributed by atoms with E-state index >= 15 is 0 Å². The molecule has 0 aliphatic carbocycles. The molecule has 0 N–H and O–H groups in total. The van der Waals surface area contributed by atoms with Gasteiger partial charge in [0.05, 0.1) is 64.6 Å². The van der Waals surface area contributed by atoms with Crippen LogP contribution in [0.1, 0.15) is 491 Å². The minimum absolute atomic E-state index is 0.635. The molecule has 0 saturated heterocycles. The fourth-order valence-electron chi connectivity index (χ4n) is 15.4. The van der Waals surface area contributed by atoms with Gasteiger partial charge < -0.3 is 0 Å². The third-order valence-electron chi connectivity index (χ3n) is 24.1. The molecule has 0 saturated carbocycles. The van der Waals surface area contributed by atoms with E-state index in [1.165, 1.54) is 280 Å². The molecule has 0 spiro atoms. The van der Waals surface area contributed by atoms with Gasteiger partial charge in [0.25, 0.3) is 0 Å². The molecule has 0 aliphatic heterocycles. The fraction of sp³-hybridized carbons (Fsp3) is 0.873. The van der Waals surface area contributed by atoms with E-state index in [1.54, 1.807) is 0 Å². The highest BCUT2D eigenvalue weighted by atomic mass is 15.5. The van der Waals surface area contributed by atoms with Crippen molar-refractivity contribution in [3.8, 4) is 0 Å². The summed E-state index contributed by atoms with van der Waals surface area (Å²) in [6, 6.07) is 0. The molecule has 131 heavy (non-hydrogen) atoms. The Morgan fingerprint density at radius 2 is 0.397 bits per heavy atom. The maximum Gasteiger partial charge on any atom is 0.0827 e. The van der Waals surface area contributed by atoms with Crippen molar-refractivity contribution in [3.63, 3.8) is 0 Å². The van der Waals surface area contributed by atoms with Gasteiger partial charge in [-0.15, -0.1) is 35.7 Å². The Labute approximate surface area is 807 Å². The van der Waals surface area contributed by atoms with E-state index in [0.717, 1.165) is 185 Å². The molecule has 0 amide bonds. The van der Waals surface area contributed by atoms with E-state index in [1.807, 2.05) is 38.8 Å². The average Bonchev–Trinajstić information content (AvgIpc) is 1.96. The van der Waals surface area contributed by atoms with E-state index in [9.17, 15) is 0 Å². The molecule has 21 nitrogen and oxygen atoms in total. The lowest BCUT2D eigenvalue weighted by Gasteiger charge is -2.08. The van der Waals surface area contributed by atoms with Crippen molar-refractivity contribution in [1.82, 2.24) is 105 Å². The first-order chi connectivity index (χ1) is 62.6. The summed E-state index contributed by atoms with van der Waals surface area (Å²) in [5.41, 5.74) is 8.68. The zero-order valence-electron chi connectivity index (χ0n) is 91.2. The normalized spacial score (nSPS) is 11.7. The number of unbranched alkanes of at least 4 members (excludes halogenated alkanes) is 19. The van der Waals surface area contributed by atoms with Crippen LogP contribution in [-0.4, -0.2) is 105 Å². The molecule has 7 aromatic heterocycles. The summed E-state index contributed by atoms with van der Waals surface area (Å²) in [6.07, 6.45) is 74.2. The van der Waals surface area contributed by atoms with E-state index < -0.39 is 0 Å². The van der Waals surface area contributed by atoms with Crippen molar-refractivity contribution < 1.29 is 0 Å². The topological polar surface area (TPSA) is 215 Å². The van der Waals surface area contributed by atoms with Gasteiger partial charge in [0.15, 0.2) is 0 Å². The highest BCUT2D eigenvalue weighted by molar-refractivity contribution is 4.98. The number of aryl methyl sites for hydroxylation is 13. The molecule has 7 heterocycles. The number of hydrogen-bond acceptors (Lipinski definition) is 14. The third kappa shape index (κ3) is 74.9. The van der Waals surface area contributed by atoms with Crippen LogP contribution in [0.25, 0.3) is 0 Å². The molecular weight excluding hydrogens is 1620 g/mol. The van der Waals surface area contributed by atoms with Gasteiger partial charge in [-0.1, -0.05) is 404 Å². The van der Waals surface area contributed by atoms with Crippen LogP contribution in [0.2, 0.25) is 0 Å². The van der Waals surface area contributed by atoms with Crippen LogP contribution >= 0.6 is 0 Å². The van der Waals surface area contributed by atoms with Gasteiger partial charge in [-0.25, -0.2) is 18.7 Å². The Hall–Kier alpha value is -6.02. The van der Waals surface area contributed by atoms with E-state index in [0.29, 0.717) is 5.92 Å². The number of rotatable bonds is 68.